The second kappa shape index (κ2) is 9.73. The van der Waals surface area contributed by atoms with Crippen LogP contribution in [0, 0.1) is 5.82 Å². The van der Waals surface area contributed by atoms with E-state index in [9.17, 15) is 9.18 Å². The molecular formula is C22H24FN3O3. The van der Waals surface area contributed by atoms with E-state index in [0.29, 0.717) is 31.5 Å². The molecule has 0 saturated heterocycles. The molecule has 6 nitrogen and oxygen atoms in total. The molecule has 0 spiro atoms. The molecule has 152 valence electrons. The van der Waals surface area contributed by atoms with Gasteiger partial charge in [0.2, 0.25) is 5.91 Å². The fraction of sp³-hybridized carbons (Fsp3) is 0.273. The third kappa shape index (κ3) is 5.57. The van der Waals surface area contributed by atoms with Crippen molar-refractivity contribution in [2.45, 2.75) is 25.9 Å². The number of ether oxygens (including phenoxy) is 2. The molecule has 0 atom stereocenters. The summed E-state index contributed by atoms with van der Waals surface area (Å²) in [6.07, 6.45) is 5.91. The van der Waals surface area contributed by atoms with Gasteiger partial charge in [0.1, 0.15) is 17.3 Å². The molecule has 0 fully saturated rings. The topological polar surface area (TPSA) is 65.4 Å². The average molecular weight is 397 g/mol. The molecular weight excluding hydrogens is 373 g/mol. The maximum Gasteiger partial charge on any atom is 0.220 e. The lowest BCUT2D eigenvalue weighted by molar-refractivity contribution is -0.121. The molecule has 0 aliphatic rings. The van der Waals surface area contributed by atoms with Crippen LogP contribution >= 0.6 is 0 Å². The molecule has 0 aliphatic heterocycles. The van der Waals surface area contributed by atoms with E-state index in [1.54, 1.807) is 49.6 Å². The Labute approximate surface area is 169 Å². The van der Waals surface area contributed by atoms with Crippen LogP contribution in [0.1, 0.15) is 23.1 Å². The summed E-state index contributed by atoms with van der Waals surface area (Å²) in [4.78, 5) is 16.2. The van der Waals surface area contributed by atoms with Gasteiger partial charge in [0.05, 0.1) is 27.1 Å². The van der Waals surface area contributed by atoms with Gasteiger partial charge in [-0.1, -0.05) is 6.07 Å². The first-order valence-corrected chi connectivity index (χ1v) is 9.29. The van der Waals surface area contributed by atoms with E-state index in [1.807, 2.05) is 18.2 Å². The highest BCUT2D eigenvalue weighted by Gasteiger charge is 2.10. The monoisotopic (exact) mass is 397 g/mol. The third-order valence-electron chi connectivity index (χ3n) is 4.62. The van der Waals surface area contributed by atoms with E-state index >= 15 is 0 Å². The summed E-state index contributed by atoms with van der Waals surface area (Å²) in [5.74, 6) is 1.08. The molecule has 0 aliphatic carbocycles. The van der Waals surface area contributed by atoms with Crippen LogP contribution in [0.2, 0.25) is 0 Å². The van der Waals surface area contributed by atoms with Crippen molar-refractivity contribution < 1.29 is 18.7 Å². The lowest BCUT2D eigenvalue weighted by Crippen LogP contribution is -2.23. The molecule has 0 unspecified atom stereocenters. The first-order valence-electron chi connectivity index (χ1n) is 9.29. The van der Waals surface area contributed by atoms with Crippen molar-refractivity contribution in [3.63, 3.8) is 0 Å². The van der Waals surface area contributed by atoms with Crippen molar-refractivity contribution in [2.24, 2.45) is 0 Å². The number of nitrogens with one attached hydrogen (secondary N) is 1. The van der Waals surface area contributed by atoms with Gasteiger partial charge in [-0.15, -0.1) is 0 Å². The van der Waals surface area contributed by atoms with Gasteiger partial charge in [-0.05, 0) is 47.9 Å². The number of hydrogen-bond donors (Lipinski definition) is 1. The summed E-state index contributed by atoms with van der Waals surface area (Å²) < 4.78 is 26.4. The number of hydrogen-bond acceptors (Lipinski definition) is 4. The van der Waals surface area contributed by atoms with Crippen LogP contribution in [-0.4, -0.2) is 29.7 Å². The number of methoxy groups -OCH3 is 2. The predicted octanol–water partition coefficient (Wildman–Crippen LogP) is 3.34. The van der Waals surface area contributed by atoms with Gasteiger partial charge in [0, 0.05) is 30.9 Å². The number of carbonyl (C=O) groups is 1. The zero-order chi connectivity index (χ0) is 20.6. The summed E-state index contributed by atoms with van der Waals surface area (Å²) in [6, 6.07) is 10.4. The van der Waals surface area contributed by atoms with Crippen LogP contribution in [0.5, 0.6) is 11.5 Å². The normalized spacial score (nSPS) is 10.6. The van der Waals surface area contributed by atoms with Gasteiger partial charge in [0.15, 0.2) is 0 Å². The van der Waals surface area contributed by atoms with Crippen molar-refractivity contribution in [2.75, 3.05) is 14.2 Å². The molecule has 0 bridgehead atoms. The summed E-state index contributed by atoms with van der Waals surface area (Å²) in [5.41, 5.74) is 2.30. The van der Waals surface area contributed by atoms with Crippen molar-refractivity contribution in [3.05, 3.63) is 77.6 Å². The van der Waals surface area contributed by atoms with E-state index < -0.39 is 0 Å². The van der Waals surface area contributed by atoms with Gasteiger partial charge in [-0.25, -0.2) is 9.37 Å². The number of imidazole rings is 1. The van der Waals surface area contributed by atoms with Crippen LogP contribution in [0.4, 0.5) is 4.39 Å². The quantitative estimate of drug-likeness (QED) is 0.602. The lowest BCUT2D eigenvalue weighted by Gasteiger charge is -2.11. The Balaban J connectivity index is 1.56. The fourth-order valence-electron chi connectivity index (χ4n) is 3.05. The van der Waals surface area contributed by atoms with E-state index in [4.69, 9.17) is 9.47 Å². The number of benzene rings is 2. The van der Waals surface area contributed by atoms with Crippen molar-refractivity contribution in [1.82, 2.24) is 14.9 Å². The molecule has 1 heterocycles. The maximum atomic E-state index is 14.1. The molecule has 1 amide bonds. The summed E-state index contributed by atoms with van der Waals surface area (Å²) in [5, 5.41) is 2.89. The number of amides is 1. The smallest absolute Gasteiger partial charge is 0.220 e. The van der Waals surface area contributed by atoms with E-state index in [1.165, 1.54) is 6.07 Å². The van der Waals surface area contributed by atoms with E-state index in [2.05, 4.69) is 10.3 Å². The van der Waals surface area contributed by atoms with Gasteiger partial charge in [-0.2, -0.15) is 0 Å². The highest BCUT2D eigenvalue weighted by Crippen LogP contribution is 2.25. The number of aromatic nitrogens is 2. The highest BCUT2D eigenvalue weighted by molar-refractivity contribution is 5.76. The van der Waals surface area contributed by atoms with Crippen LogP contribution in [0.3, 0.4) is 0 Å². The second-order valence-electron chi connectivity index (χ2n) is 6.62. The van der Waals surface area contributed by atoms with Gasteiger partial charge >= 0.3 is 0 Å². The summed E-state index contributed by atoms with van der Waals surface area (Å²) in [6.45, 7) is 0.731. The van der Waals surface area contributed by atoms with Crippen molar-refractivity contribution >= 4 is 5.91 Å². The molecule has 3 rings (SSSR count). The Bertz CT molecular complexity index is 958. The first-order chi connectivity index (χ1) is 14.1. The molecule has 1 N–H and O–H groups in total. The van der Waals surface area contributed by atoms with Crippen LogP contribution in [0.25, 0.3) is 0 Å². The second-order valence-corrected chi connectivity index (χ2v) is 6.62. The Morgan fingerprint density at radius 2 is 2.00 bits per heavy atom. The van der Waals surface area contributed by atoms with E-state index in [0.717, 1.165) is 22.6 Å². The fourth-order valence-corrected chi connectivity index (χ4v) is 3.05. The molecule has 7 heteroatoms. The van der Waals surface area contributed by atoms with Crippen molar-refractivity contribution in [3.8, 4) is 11.5 Å². The van der Waals surface area contributed by atoms with Gasteiger partial charge < -0.3 is 19.4 Å². The standard InChI is InChI=1S/C22H24FN3O3/c1-28-19-5-7-21(29-2)17(12-19)4-8-22(27)25-13-16-3-6-20(23)18(11-16)14-26-10-9-24-15-26/h3,5-7,9-12,15H,4,8,13-14H2,1-2H3,(H,25,27). The first kappa shape index (κ1) is 20.4. The maximum absolute atomic E-state index is 14.1. The Kier molecular flexibility index (Phi) is 6.84. The predicted molar refractivity (Wildman–Crippen MR) is 107 cm³/mol. The summed E-state index contributed by atoms with van der Waals surface area (Å²) >= 11 is 0. The SMILES string of the molecule is COc1ccc(OC)c(CCC(=O)NCc2ccc(F)c(Cn3ccnc3)c2)c1. The minimum absolute atomic E-state index is 0.0876. The van der Waals surface area contributed by atoms with Crippen molar-refractivity contribution in [1.29, 1.82) is 0 Å². The number of rotatable bonds is 9. The number of nitrogens with zero attached hydrogens (tertiary/aromatic N) is 2. The Morgan fingerprint density at radius 3 is 2.72 bits per heavy atom. The number of aryl methyl sites for hydroxylation is 1. The Morgan fingerprint density at radius 1 is 1.14 bits per heavy atom. The number of halogens is 1. The third-order valence-corrected chi connectivity index (χ3v) is 4.62. The minimum atomic E-state index is -0.279. The Hall–Kier alpha value is -3.35. The highest BCUT2D eigenvalue weighted by atomic mass is 19.1. The molecule has 0 radical (unpaired) electrons. The van der Waals surface area contributed by atoms with E-state index in [-0.39, 0.29) is 11.7 Å². The van der Waals surface area contributed by atoms with Crippen LogP contribution < -0.4 is 14.8 Å². The van der Waals surface area contributed by atoms with Crippen LogP contribution in [-0.2, 0) is 24.3 Å². The molecule has 3 aromatic rings. The zero-order valence-electron chi connectivity index (χ0n) is 16.5. The van der Waals surface area contributed by atoms with Gasteiger partial charge in [0.25, 0.3) is 0 Å². The average Bonchev–Trinajstić information content (AvgIpc) is 3.25. The molecule has 29 heavy (non-hydrogen) atoms. The summed E-state index contributed by atoms with van der Waals surface area (Å²) in [7, 11) is 3.20. The minimum Gasteiger partial charge on any atom is -0.497 e. The molecule has 2 aromatic carbocycles. The lowest BCUT2D eigenvalue weighted by atomic mass is 10.1. The molecule has 0 saturated carbocycles. The number of carbonyl (C=O) groups excluding carboxylic acids is 1. The zero-order valence-corrected chi connectivity index (χ0v) is 16.5. The molecule has 1 aromatic heterocycles. The largest absolute Gasteiger partial charge is 0.497 e. The van der Waals surface area contributed by atoms with Crippen LogP contribution in [0.15, 0.2) is 55.1 Å². The van der Waals surface area contributed by atoms with Gasteiger partial charge in [-0.3, -0.25) is 4.79 Å².